The highest BCUT2D eigenvalue weighted by atomic mass is 32.2. The van der Waals surface area contributed by atoms with Gasteiger partial charge in [-0.05, 0) is 18.4 Å². The maximum absolute atomic E-state index is 12.4. The van der Waals surface area contributed by atoms with E-state index in [0.717, 1.165) is 18.0 Å². The molecule has 0 atom stereocenters. The van der Waals surface area contributed by atoms with Crippen LogP contribution in [-0.4, -0.2) is 21.2 Å². The second-order valence-corrected chi connectivity index (χ2v) is 6.76. The van der Waals surface area contributed by atoms with Crippen molar-refractivity contribution in [2.24, 2.45) is 7.05 Å². The molecule has 0 unspecified atom stereocenters. The third-order valence-corrected chi connectivity index (χ3v) is 5.33. The Kier molecular flexibility index (Phi) is 4.52. The average Bonchev–Trinajstić information content (AvgIpc) is 3.16. The smallest absolute Gasteiger partial charge is 0.231 e. The summed E-state index contributed by atoms with van der Waals surface area (Å²) in [6, 6.07) is 10.4. The number of carbonyl (C=O) groups is 1. The maximum Gasteiger partial charge on any atom is 0.231 e. The van der Waals surface area contributed by atoms with E-state index in [-0.39, 0.29) is 11.4 Å². The van der Waals surface area contributed by atoms with Crippen molar-refractivity contribution in [3.05, 3.63) is 48.3 Å². The number of nitrogens with zero attached hydrogens (tertiary/aromatic N) is 2. The van der Waals surface area contributed by atoms with Crippen molar-refractivity contribution >= 4 is 17.7 Å². The van der Waals surface area contributed by atoms with Gasteiger partial charge in [-0.2, -0.15) is 0 Å². The van der Waals surface area contributed by atoms with Crippen LogP contribution in [0.2, 0.25) is 0 Å². The summed E-state index contributed by atoms with van der Waals surface area (Å²) in [7, 11) is 1.94. The van der Waals surface area contributed by atoms with E-state index < -0.39 is 0 Å². The van der Waals surface area contributed by atoms with Gasteiger partial charge in [0.1, 0.15) is 0 Å². The minimum absolute atomic E-state index is 0.0822. The fourth-order valence-electron chi connectivity index (χ4n) is 3.15. The number of aromatic nitrogens is 2. The minimum Gasteiger partial charge on any atom is -0.346 e. The van der Waals surface area contributed by atoms with Crippen LogP contribution in [0.25, 0.3) is 0 Å². The fourth-order valence-corrected chi connectivity index (χ4v) is 3.88. The zero-order valence-electron chi connectivity index (χ0n) is 12.8. The molecule has 1 N–H and O–H groups in total. The molecule has 116 valence electrons. The second kappa shape index (κ2) is 6.57. The molecule has 5 heteroatoms. The number of aryl methyl sites for hydroxylation is 1. The lowest BCUT2D eigenvalue weighted by molar-refractivity contribution is -0.120. The lowest BCUT2D eigenvalue weighted by Crippen LogP contribution is -2.44. The second-order valence-electron chi connectivity index (χ2n) is 5.81. The molecule has 3 rings (SSSR count). The molecule has 0 saturated heterocycles. The van der Waals surface area contributed by atoms with Crippen molar-refractivity contribution < 1.29 is 4.79 Å². The highest BCUT2D eigenvalue weighted by Crippen LogP contribution is 2.38. The van der Waals surface area contributed by atoms with Crippen molar-refractivity contribution in [3.63, 3.8) is 0 Å². The van der Waals surface area contributed by atoms with Gasteiger partial charge in [-0.3, -0.25) is 4.79 Å². The molecule has 1 aliphatic rings. The van der Waals surface area contributed by atoms with Crippen LogP contribution in [-0.2, 0) is 17.4 Å². The number of amides is 1. The predicted molar refractivity (Wildman–Crippen MR) is 88.7 cm³/mol. The van der Waals surface area contributed by atoms with Gasteiger partial charge in [-0.1, -0.05) is 54.9 Å². The number of rotatable bonds is 5. The van der Waals surface area contributed by atoms with Crippen LogP contribution in [0.5, 0.6) is 0 Å². The molecule has 1 amide bonds. The molecular formula is C17H21N3OS. The van der Waals surface area contributed by atoms with Crippen molar-refractivity contribution in [3.8, 4) is 0 Å². The highest BCUT2D eigenvalue weighted by Gasteiger charge is 2.36. The van der Waals surface area contributed by atoms with Crippen LogP contribution in [0.15, 0.2) is 47.9 Å². The molecule has 2 aromatic rings. The number of carbonyl (C=O) groups excluding carboxylic acids is 1. The van der Waals surface area contributed by atoms with Crippen molar-refractivity contribution in [1.82, 2.24) is 14.9 Å². The lowest BCUT2D eigenvalue weighted by atomic mass is 9.88. The molecule has 1 aromatic heterocycles. The standard InChI is InChI=1S/C17H21N3OS/c1-20-12-11-18-16(20)22-13-15(21)19-17(9-5-6-10-17)14-7-3-2-4-8-14/h2-4,7-8,11-12H,5-6,9-10,13H2,1H3,(H,19,21). The Labute approximate surface area is 135 Å². The number of thioether (sulfide) groups is 1. The van der Waals surface area contributed by atoms with Gasteiger partial charge in [0.25, 0.3) is 0 Å². The predicted octanol–water partition coefficient (Wildman–Crippen LogP) is 3.10. The summed E-state index contributed by atoms with van der Waals surface area (Å²) in [6.45, 7) is 0. The molecule has 1 saturated carbocycles. The minimum atomic E-state index is -0.180. The van der Waals surface area contributed by atoms with Crippen molar-refractivity contribution in [2.75, 3.05) is 5.75 Å². The molecular weight excluding hydrogens is 294 g/mol. The van der Waals surface area contributed by atoms with Crippen LogP contribution in [0, 0.1) is 0 Å². The Morgan fingerprint density at radius 1 is 1.32 bits per heavy atom. The summed E-state index contributed by atoms with van der Waals surface area (Å²) in [6.07, 6.45) is 8.03. The van der Waals surface area contributed by atoms with E-state index in [4.69, 9.17) is 0 Å². The van der Waals surface area contributed by atoms with Crippen LogP contribution in [0.3, 0.4) is 0 Å². The van der Waals surface area contributed by atoms with Gasteiger partial charge in [0.2, 0.25) is 5.91 Å². The highest BCUT2D eigenvalue weighted by molar-refractivity contribution is 7.99. The van der Waals surface area contributed by atoms with Crippen molar-refractivity contribution in [1.29, 1.82) is 0 Å². The fraction of sp³-hybridized carbons (Fsp3) is 0.412. The molecule has 0 bridgehead atoms. The Balaban J connectivity index is 1.67. The first-order chi connectivity index (χ1) is 10.7. The first-order valence-electron chi connectivity index (χ1n) is 7.66. The number of nitrogens with one attached hydrogen (secondary N) is 1. The van der Waals surface area contributed by atoms with E-state index in [9.17, 15) is 4.79 Å². The van der Waals surface area contributed by atoms with E-state index in [1.54, 1.807) is 6.20 Å². The topological polar surface area (TPSA) is 46.9 Å². The molecule has 0 radical (unpaired) electrons. The van der Waals surface area contributed by atoms with Crippen LogP contribution in [0.4, 0.5) is 0 Å². The molecule has 1 heterocycles. The Morgan fingerprint density at radius 2 is 2.05 bits per heavy atom. The molecule has 0 aliphatic heterocycles. The van der Waals surface area contributed by atoms with Gasteiger partial charge in [0, 0.05) is 19.4 Å². The quantitative estimate of drug-likeness (QED) is 0.863. The first kappa shape index (κ1) is 15.2. The Morgan fingerprint density at radius 3 is 2.68 bits per heavy atom. The summed E-state index contributed by atoms with van der Waals surface area (Å²) in [5.41, 5.74) is 1.04. The first-order valence-corrected chi connectivity index (χ1v) is 8.65. The maximum atomic E-state index is 12.4. The van der Waals surface area contributed by atoms with E-state index in [0.29, 0.717) is 5.75 Å². The summed E-state index contributed by atoms with van der Waals surface area (Å²) < 4.78 is 1.93. The van der Waals surface area contributed by atoms with Gasteiger partial charge in [0.05, 0.1) is 11.3 Å². The average molecular weight is 315 g/mol. The summed E-state index contributed by atoms with van der Waals surface area (Å²) in [5.74, 6) is 0.484. The Bertz CT molecular complexity index is 632. The van der Waals surface area contributed by atoms with Gasteiger partial charge < -0.3 is 9.88 Å². The summed E-state index contributed by atoms with van der Waals surface area (Å²) in [4.78, 5) is 16.7. The number of hydrogen-bond acceptors (Lipinski definition) is 3. The zero-order valence-corrected chi connectivity index (χ0v) is 13.6. The van der Waals surface area contributed by atoms with Gasteiger partial charge >= 0.3 is 0 Å². The molecule has 1 aromatic carbocycles. The van der Waals surface area contributed by atoms with Gasteiger partial charge in [-0.25, -0.2) is 4.98 Å². The molecule has 4 nitrogen and oxygen atoms in total. The monoisotopic (exact) mass is 315 g/mol. The van der Waals surface area contributed by atoms with E-state index in [2.05, 4.69) is 22.4 Å². The van der Waals surface area contributed by atoms with E-state index in [1.165, 1.54) is 30.2 Å². The van der Waals surface area contributed by atoms with Gasteiger partial charge in [0.15, 0.2) is 5.16 Å². The van der Waals surface area contributed by atoms with Crippen LogP contribution in [0.1, 0.15) is 31.2 Å². The normalized spacial score (nSPS) is 16.6. The van der Waals surface area contributed by atoms with Crippen LogP contribution < -0.4 is 5.32 Å². The van der Waals surface area contributed by atoms with Crippen LogP contribution >= 0.6 is 11.8 Å². The number of benzene rings is 1. The lowest BCUT2D eigenvalue weighted by Gasteiger charge is -2.31. The Hall–Kier alpha value is -1.75. The number of hydrogen-bond donors (Lipinski definition) is 1. The van der Waals surface area contributed by atoms with Gasteiger partial charge in [-0.15, -0.1) is 0 Å². The molecule has 1 fully saturated rings. The summed E-state index contributed by atoms with van der Waals surface area (Å²) in [5, 5.41) is 4.16. The third-order valence-electron chi connectivity index (χ3n) is 4.27. The third kappa shape index (κ3) is 3.19. The molecule has 0 spiro atoms. The molecule has 1 aliphatic carbocycles. The summed E-state index contributed by atoms with van der Waals surface area (Å²) >= 11 is 1.48. The van der Waals surface area contributed by atoms with E-state index in [1.807, 2.05) is 36.0 Å². The van der Waals surface area contributed by atoms with E-state index >= 15 is 0 Å². The van der Waals surface area contributed by atoms with Crippen molar-refractivity contribution in [2.45, 2.75) is 36.4 Å². The zero-order chi connectivity index (χ0) is 15.4. The number of imidazole rings is 1. The molecule has 22 heavy (non-hydrogen) atoms. The SMILES string of the molecule is Cn1ccnc1SCC(=O)NC1(c2ccccc2)CCCC1. The largest absolute Gasteiger partial charge is 0.346 e.